The van der Waals surface area contributed by atoms with Gasteiger partial charge < -0.3 is 10.3 Å². The van der Waals surface area contributed by atoms with Gasteiger partial charge in [-0.3, -0.25) is 0 Å². The molecule has 0 atom stereocenters. The summed E-state index contributed by atoms with van der Waals surface area (Å²) < 4.78 is 0. The lowest BCUT2D eigenvalue weighted by Crippen LogP contribution is -2.33. The Morgan fingerprint density at radius 2 is 2.00 bits per heavy atom. The van der Waals surface area contributed by atoms with Crippen LogP contribution in [0.25, 0.3) is 10.9 Å². The van der Waals surface area contributed by atoms with Crippen LogP contribution in [-0.2, 0) is 6.54 Å². The fourth-order valence-corrected chi connectivity index (χ4v) is 2.02. The number of aromatic amines is 1. The summed E-state index contributed by atoms with van der Waals surface area (Å²) in [6, 6.07) is 8.58. The lowest BCUT2D eigenvalue weighted by Gasteiger charge is -2.29. The van der Waals surface area contributed by atoms with Gasteiger partial charge in [0.1, 0.15) is 0 Å². The number of para-hydroxylation sites is 1. The van der Waals surface area contributed by atoms with Crippen molar-refractivity contribution in [3.8, 4) is 0 Å². The Kier molecular flexibility index (Phi) is 3.76. The smallest absolute Gasteiger partial charge is 0.0499 e. The molecule has 0 aliphatic heterocycles. The van der Waals surface area contributed by atoms with Crippen molar-refractivity contribution in [2.75, 3.05) is 6.54 Å². The lowest BCUT2D eigenvalue weighted by atomic mass is 9.81. The zero-order valence-electron chi connectivity index (χ0n) is 11.9. The average molecular weight is 244 g/mol. The number of hydrogen-bond donors (Lipinski definition) is 2. The average Bonchev–Trinajstić information content (AvgIpc) is 2.77. The highest BCUT2D eigenvalue weighted by Crippen LogP contribution is 2.25. The van der Waals surface area contributed by atoms with Crippen LogP contribution in [0.15, 0.2) is 30.5 Å². The number of aromatic nitrogens is 1. The second kappa shape index (κ2) is 5.15. The topological polar surface area (TPSA) is 27.8 Å². The number of nitrogens with one attached hydrogen (secondary N) is 2. The molecule has 2 N–H and O–H groups in total. The molecular weight excluding hydrogens is 220 g/mol. The largest absolute Gasteiger partial charge is 0.361 e. The Labute approximate surface area is 110 Å². The van der Waals surface area contributed by atoms with Crippen LogP contribution in [0.2, 0.25) is 0 Å². The Morgan fingerprint density at radius 1 is 1.22 bits per heavy atom. The van der Waals surface area contributed by atoms with Gasteiger partial charge in [0.05, 0.1) is 0 Å². The molecule has 0 saturated carbocycles. The third-order valence-electron chi connectivity index (χ3n) is 4.13. The molecule has 1 aromatic carbocycles. The van der Waals surface area contributed by atoms with E-state index in [2.05, 4.69) is 62.3 Å². The first-order valence-corrected chi connectivity index (χ1v) is 6.76. The van der Waals surface area contributed by atoms with Gasteiger partial charge in [0, 0.05) is 24.8 Å². The summed E-state index contributed by atoms with van der Waals surface area (Å²) in [5.41, 5.74) is 2.94. The zero-order chi connectivity index (χ0) is 13.2. The van der Waals surface area contributed by atoms with E-state index in [1.54, 1.807) is 0 Å². The van der Waals surface area contributed by atoms with Gasteiger partial charge in [0.25, 0.3) is 0 Å². The zero-order valence-corrected chi connectivity index (χ0v) is 11.9. The van der Waals surface area contributed by atoms with Crippen LogP contribution >= 0.6 is 0 Å². The van der Waals surface area contributed by atoms with Crippen molar-refractivity contribution in [1.82, 2.24) is 10.3 Å². The summed E-state index contributed by atoms with van der Waals surface area (Å²) in [5, 5.41) is 4.87. The third kappa shape index (κ3) is 2.75. The summed E-state index contributed by atoms with van der Waals surface area (Å²) >= 11 is 0. The fraction of sp³-hybridized carbons (Fsp3) is 0.500. The Hall–Kier alpha value is -1.28. The number of benzene rings is 1. The van der Waals surface area contributed by atoms with E-state index in [1.165, 1.54) is 16.5 Å². The van der Waals surface area contributed by atoms with Crippen LogP contribution in [0.3, 0.4) is 0 Å². The van der Waals surface area contributed by atoms with Crippen molar-refractivity contribution in [2.45, 2.75) is 34.2 Å². The SMILES string of the molecule is CC(C)C(C)(C)CNCc1cccc2cc[nH]c12. The van der Waals surface area contributed by atoms with Crippen LogP contribution in [0.5, 0.6) is 0 Å². The second-order valence-electron chi connectivity index (χ2n) is 6.11. The third-order valence-corrected chi connectivity index (χ3v) is 4.13. The van der Waals surface area contributed by atoms with E-state index in [9.17, 15) is 0 Å². The number of H-pyrrole nitrogens is 1. The van der Waals surface area contributed by atoms with Crippen molar-refractivity contribution >= 4 is 10.9 Å². The van der Waals surface area contributed by atoms with Gasteiger partial charge in [0.15, 0.2) is 0 Å². The monoisotopic (exact) mass is 244 g/mol. The van der Waals surface area contributed by atoms with Crippen molar-refractivity contribution < 1.29 is 0 Å². The van der Waals surface area contributed by atoms with Gasteiger partial charge in [-0.2, -0.15) is 0 Å². The minimum atomic E-state index is 0.337. The molecule has 1 aromatic heterocycles. The molecule has 0 unspecified atom stereocenters. The molecule has 2 heteroatoms. The van der Waals surface area contributed by atoms with Crippen molar-refractivity contribution in [3.63, 3.8) is 0 Å². The molecule has 0 amide bonds. The molecule has 1 heterocycles. The minimum Gasteiger partial charge on any atom is -0.361 e. The molecule has 2 rings (SSSR count). The molecule has 2 nitrogen and oxygen atoms in total. The molecular formula is C16H24N2. The van der Waals surface area contributed by atoms with Gasteiger partial charge in [-0.1, -0.05) is 45.9 Å². The van der Waals surface area contributed by atoms with Crippen molar-refractivity contribution in [1.29, 1.82) is 0 Å². The normalized spacial score (nSPS) is 12.5. The quantitative estimate of drug-likeness (QED) is 0.819. The van der Waals surface area contributed by atoms with E-state index in [4.69, 9.17) is 0 Å². The summed E-state index contributed by atoms with van der Waals surface area (Å²) in [5.74, 6) is 0.686. The van der Waals surface area contributed by atoms with Crippen LogP contribution in [0, 0.1) is 11.3 Å². The fourth-order valence-electron chi connectivity index (χ4n) is 2.02. The highest BCUT2D eigenvalue weighted by Gasteiger charge is 2.21. The Morgan fingerprint density at radius 3 is 2.72 bits per heavy atom. The van der Waals surface area contributed by atoms with Gasteiger partial charge in [0.2, 0.25) is 0 Å². The van der Waals surface area contributed by atoms with Crippen LogP contribution < -0.4 is 5.32 Å². The van der Waals surface area contributed by atoms with E-state index >= 15 is 0 Å². The van der Waals surface area contributed by atoms with Crippen LogP contribution in [0.4, 0.5) is 0 Å². The maximum atomic E-state index is 3.59. The first-order valence-electron chi connectivity index (χ1n) is 6.76. The highest BCUT2D eigenvalue weighted by molar-refractivity contribution is 5.82. The van der Waals surface area contributed by atoms with E-state index in [-0.39, 0.29) is 0 Å². The molecule has 18 heavy (non-hydrogen) atoms. The maximum Gasteiger partial charge on any atom is 0.0499 e. The van der Waals surface area contributed by atoms with Crippen LogP contribution in [0.1, 0.15) is 33.3 Å². The van der Waals surface area contributed by atoms with Crippen molar-refractivity contribution in [2.24, 2.45) is 11.3 Å². The molecule has 0 radical (unpaired) electrons. The molecule has 98 valence electrons. The lowest BCUT2D eigenvalue weighted by molar-refractivity contribution is 0.238. The summed E-state index contributed by atoms with van der Waals surface area (Å²) in [6.45, 7) is 11.2. The van der Waals surface area contributed by atoms with Gasteiger partial charge in [-0.05, 0) is 28.3 Å². The first kappa shape index (κ1) is 13.2. The molecule has 0 aliphatic rings. The number of hydrogen-bond acceptors (Lipinski definition) is 1. The first-order chi connectivity index (χ1) is 8.50. The van der Waals surface area contributed by atoms with Crippen molar-refractivity contribution in [3.05, 3.63) is 36.0 Å². The molecule has 0 aliphatic carbocycles. The molecule has 0 fully saturated rings. The summed E-state index contributed by atoms with van der Waals surface area (Å²) in [6.07, 6.45) is 2.01. The number of rotatable bonds is 5. The van der Waals surface area contributed by atoms with Gasteiger partial charge in [-0.25, -0.2) is 0 Å². The van der Waals surface area contributed by atoms with Gasteiger partial charge >= 0.3 is 0 Å². The molecule has 0 saturated heterocycles. The molecule has 2 aromatic rings. The van der Waals surface area contributed by atoms with Crippen LogP contribution in [-0.4, -0.2) is 11.5 Å². The summed E-state index contributed by atoms with van der Waals surface area (Å²) in [7, 11) is 0. The summed E-state index contributed by atoms with van der Waals surface area (Å²) in [4.78, 5) is 3.32. The molecule has 0 bridgehead atoms. The van der Waals surface area contributed by atoms with E-state index in [0.717, 1.165) is 13.1 Å². The van der Waals surface area contributed by atoms with E-state index < -0.39 is 0 Å². The standard InChI is InChI=1S/C16H24N2/c1-12(2)16(3,4)11-17-10-14-7-5-6-13-8-9-18-15(13)14/h5-9,12,17-18H,10-11H2,1-4H3. The second-order valence-corrected chi connectivity index (χ2v) is 6.11. The minimum absolute atomic E-state index is 0.337. The Bertz CT molecular complexity index is 509. The Balaban J connectivity index is 2.01. The number of fused-ring (bicyclic) bond motifs is 1. The van der Waals surface area contributed by atoms with Gasteiger partial charge in [-0.15, -0.1) is 0 Å². The predicted molar refractivity (Wildman–Crippen MR) is 78.6 cm³/mol. The van der Waals surface area contributed by atoms with E-state index in [1.807, 2.05) is 6.20 Å². The molecule has 0 spiro atoms. The highest BCUT2D eigenvalue weighted by atomic mass is 14.9. The predicted octanol–water partition coefficient (Wildman–Crippen LogP) is 3.94. The maximum absolute atomic E-state index is 3.59. The van der Waals surface area contributed by atoms with E-state index in [0.29, 0.717) is 11.3 Å².